The average molecular weight is 477 g/mol. The van der Waals surface area contributed by atoms with Crippen molar-refractivity contribution in [3.05, 3.63) is 66.5 Å². The van der Waals surface area contributed by atoms with E-state index in [2.05, 4.69) is 20.6 Å². The highest BCUT2D eigenvalue weighted by molar-refractivity contribution is 5.87. The zero-order valence-electron chi connectivity index (χ0n) is 20.7. The summed E-state index contributed by atoms with van der Waals surface area (Å²) in [5.74, 6) is 0.0553. The zero-order chi connectivity index (χ0) is 25.6. The number of nitrogens with zero attached hydrogens (tertiary/aromatic N) is 2. The molecule has 0 bridgehead atoms. The van der Waals surface area contributed by atoms with Crippen LogP contribution in [0.15, 0.2) is 60.9 Å². The third-order valence-corrected chi connectivity index (χ3v) is 5.29. The number of aromatic hydroxyl groups is 1. The molecule has 0 aliphatic heterocycles. The normalized spacial score (nSPS) is 13.1. The summed E-state index contributed by atoms with van der Waals surface area (Å²) in [6.45, 7) is 6.97. The predicted octanol–water partition coefficient (Wildman–Crippen LogP) is 3.49. The second kappa shape index (κ2) is 11.1. The molecule has 0 spiro atoms. The summed E-state index contributed by atoms with van der Waals surface area (Å²) in [7, 11) is 1.71. The number of amides is 1. The number of benzene rings is 2. The summed E-state index contributed by atoms with van der Waals surface area (Å²) in [5.41, 5.74) is 2.97. The largest absolute Gasteiger partial charge is 0.508 e. The minimum atomic E-state index is -0.748. The lowest BCUT2D eigenvalue weighted by Gasteiger charge is -2.24. The van der Waals surface area contributed by atoms with Crippen LogP contribution in [-0.2, 0) is 20.7 Å². The Labute approximate surface area is 205 Å². The summed E-state index contributed by atoms with van der Waals surface area (Å²) >= 11 is 0. The summed E-state index contributed by atoms with van der Waals surface area (Å²) in [4.78, 5) is 33.8. The van der Waals surface area contributed by atoms with Gasteiger partial charge in [0, 0.05) is 23.5 Å². The van der Waals surface area contributed by atoms with E-state index in [1.165, 1.54) is 0 Å². The summed E-state index contributed by atoms with van der Waals surface area (Å²) in [6.07, 6.45) is 3.94. The molecular weight excluding hydrogens is 444 g/mol. The van der Waals surface area contributed by atoms with Gasteiger partial charge in [0.1, 0.15) is 17.4 Å². The van der Waals surface area contributed by atoms with Crippen molar-refractivity contribution in [2.24, 2.45) is 0 Å². The van der Waals surface area contributed by atoms with Crippen molar-refractivity contribution in [1.29, 1.82) is 0 Å². The molecule has 8 nitrogen and oxygen atoms in total. The number of hydrogen-bond acceptors (Lipinski definition) is 7. The molecule has 1 amide bonds. The van der Waals surface area contributed by atoms with Crippen molar-refractivity contribution in [1.82, 2.24) is 20.6 Å². The molecule has 2 aromatic carbocycles. The van der Waals surface area contributed by atoms with Gasteiger partial charge in [-0.05, 0) is 64.4 Å². The molecule has 0 saturated heterocycles. The van der Waals surface area contributed by atoms with Crippen LogP contribution in [0, 0.1) is 0 Å². The van der Waals surface area contributed by atoms with E-state index in [1.54, 1.807) is 59.3 Å². The fourth-order valence-electron chi connectivity index (χ4n) is 3.39. The second-order valence-corrected chi connectivity index (χ2v) is 9.35. The first kappa shape index (κ1) is 25.8. The number of carbonyl (C=O) groups excluding carboxylic acids is 2. The van der Waals surface area contributed by atoms with E-state index in [0.717, 1.165) is 22.3 Å². The molecule has 0 aliphatic rings. The molecule has 1 heterocycles. The highest BCUT2D eigenvalue weighted by atomic mass is 16.6. The van der Waals surface area contributed by atoms with Crippen molar-refractivity contribution >= 4 is 11.9 Å². The van der Waals surface area contributed by atoms with Crippen molar-refractivity contribution in [2.75, 3.05) is 7.05 Å². The van der Waals surface area contributed by atoms with E-state index in [9.17, 15) is 14.7 Å². The van der Waals surface area contributed by atoms with E-state index in [1.807, 2.05) is 36.4 Å². The molecular formula is C27H32N4O4. The predicted molar refractivity (Wildman–Crippen MR) is 135 cm³/mol. The average Bonchev–Trinajstić information content (AvgIpc) is 2.82. The van der Waals surface area contributed by atoms with Crippen LogP contribution >= 0.6 is 0 Å². The number of phenols is 1. The van der Waals surface area contributed by atoms with Gasteiger partial charge in [-0.25, -0.2) is 14.8 Å². The second-order valence-electron chi connectivity index (χ2n) is 9.35. The molecule has 8 heteroatoms. The van der Waals surface area contributed by atoms with Crippen LogP contribution in [0.2, 0.25) is 0 Å². The molecule has 2 atom stereocenters. The van der Waals surface area contributed by atoms with Gasteiger partial charge in [-0.2, -0.15) is 0 Å². The van der Waals surface area contributed by atoms with Gasteiger partial charge in [0.15, 0.2) is 5.82 Å². The Morgan fingerprint density at radius 1 is 0.943 bits per heavy atom. The number of ether oxygens (including phenoxy) is 1. The van der Waals surface area contributed by atoms with Gasteiger partial charge in [0.2, 0.25) is 5.91 Å². The standard InChI is InChI=1S/C27H32N4O4/c1-17(26(34)35-27(2,3)4)31-25(33)23(28-5)14-18-6-8-20(9-7-18)24-29-15-21(16-30-24)19-10-12-22(32)13-11-19/h6-13,15-17,23,28,32H,14H2,1-5H3,(H,31,33)/t17-,23?/m1/s1. The number of rotatable bonds is 8. The van der Waals surface area contributed by atoms with Crippen LogP contribution in [0.25, 0.3) is 22.5 Å². The fraction of sp³-hybridized carbons (Fsp3) is 0.333. The highest BCUT2D eigenvalue weighted by Gasteiger charge is 2.25. The number of aromatic nitrogens is 2. The maximum Gasteiger partial charge on any atom is 0.328 e. The number of nitrogens with one attached hydrogen (secondary N) is 2. The summed E-state index contributed by atoms with van der Waals surface area (Å²) in [5, 5.41) is 15.2. The minimum Gasteiger partial charge on any atom is -0.508 e. The van der Waals surface area contributed by atoms with Crippen LogP contribution in [-0.4, -0.2) is 51.7 Å². The van der Waals surface area contributed by atoms with Gasteiger partial charge in [0.25, 0.3) is 0 Å². The van der Waals surface area contributed by atoms with Crippen molar-refractivity contribution in [3.63, 3.8) is 0 Å². The summed E-state index contributed by atoms with van der Waals surface area (Å²) in [6, 6.07) is 13.3. The van der Waals surface area contributed by atoms with E-state index in [4.69, 9.17) is 4.74 Å². The number of esters is 1. The van der Waals surface area contributed by atoms with Gasteiger partial charge >= 0.3 is 5.97 Å². The molecule has 3 N–H and O–H groups in total. The number of hydrogen-bond donors (Lipinski definition) is 3. The molecule has 0 saturated carbocycles. The number of likely N-dealkylation sites (N-methyl/N-ethyl adjacent to an activating group) is 1. The Morgan fingerprint density at radius 2 is 1.51 bits per heavy atom. The smallest absolute Gasteiger partial charge is 0.328 e. The number of carbonyl (C=O) groups is 2. The quantitative estimate of drug-likeness (QED) is 0.427. The first-order valence-electron chi connectivity index (χ1n) is 11.5. The Kier molecular flexibility index (Phi) is 8.19. The lowest BCUT2D eigenvalue weighted by atomic mass is 10.0. The molecule has 3 rings (SSSR count). The lowest BCUT2D eigenvalue weighted by Crippen LogP contribution is -2.50. The van der Waals surface area contributed by atoms with Crippen molar-refractivity contribution < 1.29 is 19.4 Å². The monoisotopic (exact) mass is 476 g/mol. The highest BCUT2D eigenvalue weighted by Crippen LogP contribution is 2.23. The molecule has 1 aromatic heterocycles. The Bertz CT molecular complexity index is 1140. The SMILES string of the molecule is CNC(Cc1ccc(-c2ncc(-c3ccc(O)cc3)cn2)cc1)C(=O)N[C@H](C)C(=O)OC(C)(C)C. The van der Waals surface area contributed by atoms with E-state index < -0.39 is 23.7 Å². The third kappa shape index (κ3) is 7.35. The molecule has 0 fully saturated rings. The van der Waals surface area contributed by atoms with Crippen LogP contribution in [0.3, 0.4) is 0 Å². The molecule has 0 aliphatic carbocycles. The Morgan fingerprint density at radius 3 is 2.06 bits per heavy atom. The van der Waals surface area contributed by atoms with Gasteiger partial charge in [-0.1, -0.05) is 36.4 Å². The summed E-state index contributed by atoms with van der Waals surface area (Å²) < 4.78 is 5.33. The van der Waals surface area contributed by atoms with Crippen molar-refractivity contribution in [3.8, 4) is 28.3 Å². The van der Waals surface area contributed by atoms with Crippen LogP contribution in [0.4, 0.5) is 0 Å². The van der Waals surface area contributed by atoms with Gasteiger partial charge < -0.3 is 20.5 Å². The molecule has 1 unspecified atom stereocenters. The Balaban J connectivity index is 1.62. The minimum absolute atomic E-state index is 0.210. The van der Waals surface area contributed by atoms with E-state index in [0.29, 0.717) is 12.2 Å². The first-order chi connectivity index (χ1) is 16.6. The van der Waals surface area contributed by atoms with Crippen LogP contribution < -0.4 is 10.6 Å². The molecule has 35 heavy (non-hydrogen) atoms. The molecule has 184 valence electrons. The van der Waals surface area contributed by atoms with Gasteiger partial charge in [-0.15, -0.1) is 0 Å². The zero-order valence-corrected chi connectivity index (χ0v) is 20.7. The van der Waals surface area contributed by atoms with Crippen LogP contribution in [0.5, 0.6) is 5.75 Å². The Hall–Kier alpha value is -3.78. The molecule has 0 radical (unpaired) electrons. The third-order valence-electron chi connectivity index (χ3n) is 5.29. The fourth-order valence-corrected chi connectivity index (χ4v) is 3.39. The maximum atomic E-state index is 12.7. The molecule has 3 aromatic rings. The van der Waals surface area contributed by atoms with Gasteiger partial charge in [0.05, 0.1) is 6.04 Å². The van der Waals surface area contributed by atoms with E-state index in [-0.39, 0.29) is 11.7 Å². The topological polar surface area (TPSA) is 113 Å². The van der Waals surface area contributed by atoms with Crippen molar-refractivity contribution in [2.45, 2.75) is 51.8 Å². The van der Waals surface area contributed by atoms with Crippen LogP contribution in [0.1, 0.15) is 33.3 Å². The van der Waals surface area contributed by atoms with E-state index >= 15 is 0 Å². The maximum absolute atomic E-state index is 12.7. The lowest BCUT2D eigenvalue weighted by molar-refractivity contribution is -0.158. The first-order valence-corrected chi connectivity index (χ1v) is 11.5. The van der Waals surface area contributed by atoms with Gasteiger partial charge in [-0.3, -0.25) is 4.79 Å². The number of phenolic OH excluding ortho intramolecular Hbond substituents is 1.